The minimum Gasteiger partial charge on any atom is -0.493 e. The summed E-state index contributed by atoms with van der Waals surface area (Å²) in [6, 6.07) is 16.2. The van der Waals surface area contributed by atoms with E-state index in [9.17, 15) is 9.59 Å². The lowest BCUT2D eigenvalue weighted by atomic mass is 10.1. The van der Waals surface area contributed by atoms with Crippen LogP contribution in [0, 0.1) is 0 Å². The van der Waals surface area contributed by atoms with Crippen LogP contribution in [0.1, 0.15) is 23.7 Å². The van der Waals surface area contributed by atoms with Gasteiger partial charge in [0.2, 0.25) is 5.91 Å². The average molecular weight is 283 g/mol. The van der Waals surface area contributed by atoms with Gasteiger partial charge in [0.15, 0.2) is 5.78 Å². The minimum atomic E-state index is -0.114. The van der Waals surface area contributed by atoms with E-state index < -0.39 is 0 Å². The quantitative estimate of drug-likeness (QED) is 0.828. The van der Waals surface area contributed by atoms with Gasteiger partial charge in [0.05, 0.1) is 6.61 Å². The second-order valence-electron chi connectivity index (χ2n) is 4.59. The second-order valence-corrected chi connectivity index (χ2v) is 4.59. The van der Waals surface area contributed by atoms with Crippen LogP contribution < -0.4 is 10.1 Å². The fraction of sp³-hybridized carbons (Fsp3) is 0.176. The van der Waals surface area contributed by atoms with Gasteiger partial charge in [-0.05, 0) is 24.3 Å². The van der Waals surface area contributed by atoms with Crippen molar-refractivity contribution < 1.29 is 14.3 Å². The summed E-state index contributed by atoms with van der Waals surface area (Å²) in [6.07, 6.45) is 0.331. The van der Waals surface area contributed by atoms with Crippen molar-refractivity contribution in [3.05, 3.63) is 60.2 Å². The average Bonchev–Trinajstić information content (AvgIpc) is 2.49. The number of benzene rings is 2. The molecule has 2 rings (SSSR count). The van der Waals surface area contributed by atoms with Gasteiger partial charge in [-0.1, -0.05) is 30.3 Å². The molecular formula is C17H17NO3. The van der Waals surface area contributed by atoms with Crippen LogP contribution in [0.4, 0.5) is 5.69 Å². The molecule has 0 aromatic heterocycles. The molecule has 0 aliphatic carbocycles. The number of hydrogen-bond donors (Lipinski definition) is 1. The fourth-order valence-corrected chi connectivity index (χ4v) is 1.87. The molecule has 0 aliphatic rings. The molecule has 0 saturated heterocycles. The summed E-state index contributed by atoms with van der Waals surface area (Å²) in [5.74, 6) is 0.618. The van der Waals surface area contributed by atoms with E-state index in [4.69, 9.17) is 4.74 Å². The van der Waals surface area contributed by atoms with Gasteiger partial charge in [0.25, 0.3) is 0 Å². The number of rotatable bonds is 6. The number of ether oxygens (including phenoxy) is 1. The number of carbonyl (C=O) groups is 2. The molecule has 0 atom stereocenters. The highest BCUT2D eigenvalue weighted by Gasteiger charge is 2.05. The first-order valence-electron chi connectivity index (χ1n) is 6.74. The Morgan fingerprint density at radius 1 is 1.00 bits per heavy atom. The third kappa shape index (κ3) is 4.76. The van der Waals surface area contributed by atoms with Crippen LogP contribution in [0.5, 0.6) is 5.75 Å². The number of hydrogen-bond acceptors (Lipinski definition) is 3. The molecule has 0 spiro atoms. The Kier molecular flexibility index (Phi) is 5.10. The van der Waals surface area contributed by atoms with Gasteiger partial charge in [0, 0.05) is 24.6 Å². The summed E-state index contributed by atoms with van der Waals surface area (Å²) < 4.78 is 5.52. The molecule has 0 bridgehead atoms. The van der Waals surface area contributed by atoms with Crippen LogP contribution in [0.3, 0.4) is 0 Å². The Balaban J connectivity index is 1.81. The predicted octanol–water partition coefficient (Wildman–Crippen LogP) is 3.30. The van der Waals surface area contributed by atoms with Gasteiger partial charge >= 0.3 is 0 Å². The third-order valence-corrected chi connectivity index (χ3v) is 2.87. The molecule has 108 valence electrons. The van der Waals surface area contributed by atoms with Crippen molar-refractivity contribution in [3.63, 3.8) is 0 Å². The van der Waals surface area contributed by atoms with Gasteiger partial charge in [0.1, 0.15) is 5.75 Å². The lowest BCUT2D eigenvalue weighted by Gasteiger charge is -2.07. The lowest BCUT2D eigenvalue weighted by molar-refractivity contribution is -0.114. The third-order valence-electron chi connectivity index (χ3n) is 2.87. The highest BCUT2D eigenvalue weighted by molar-refractivity contribution is 5.96. The van der Waals surface area contributed by atoms with E-state index in [1.54, 1.807) is 36.4 Å². The predicted molar refractivity (Wildman–Crippen MR) is 81.6 cm³/mol. The molecule has 1 amide bonds. The van der Waals surface area contributed by atoms with Crippen LogP contribution in [0.15, 0.2) is 54.6 Å². The first-order valence-corrected chi connectivity index (χ1v) is 6.74. The standard InChI is InChI=1S/C17H17NO3/c1-13(19)18-15-7-9-16(10-8-15)21-12-11-17(20)14-5-3-2-4-6-14/h2-10H,11-12H2,1H3,(H,18,19). The number of Topliss-reactive ketones (excluding diaryl/α,β-unsaturated/α-hetero) is 1. The SMILES string of the molecule is CC(=O)Nc1ccc(OCCC(=O)c2ccccc2)cc1. The highest BCUT2D eigenvalue weighted by atomic mass is 16.5. The number of carbonyl (C=O) groups excluding carboxylic acids is 2. The van der Waals surface area contributed by atoms with E-state index in [0.717, 1.165) is 5.69 Å². The van der Waals surface area contributed by atoms with Crippen LogP contribution in [0.2, 0.25) is 0 Å². The zero-order valence-electron chi connectivity index (χ0n) is 11.8. The summed E-state index contributed by atoms with van der Waals surface area (Å²) in [4.78, 5) is 22.8. The topological polar surface area (TPSA) is 55.4 Å². The van der Waals surface area contributed by atoms with Crippen LogP contribution in [-0.4, -0.2) is 18.3 Å². The van der Waals surface area contributed by atoms with Gasteiger partial charge in [-0.15, -0.1) is 0 Å². The van der Waals surface area contributed by atoms with Gasteiger partial charge < -0.3 is 10.1 Å². The first-order chi connectivity index (χ1) is 10.1. The summed E-state index contributed by atoms with van der Waals surface area (Å²) in [7, 11) is 0. The van der Waals surface area contributed by atoms with E-state index in [1.807, 2.05) is 18.2 Å². The van der Waals surface area contributed by atoms with Crippen molar-refractivity contribution in [1.29, 1.82) is 0 Å². The molecule has 0 heterocycles. The molecule has 0 aliphatic heterocycles. The molecule has 0 fully saturated rings. The van der Waals surface area contributed by atoms with Gasteiger partial charge in [-0.3, -0.25) is 9.59 Å². The summed E-state index contributed by atoms with van der Waals surface area (Å²) in [5, 5.41) is 2.68. The Morgan fingerprint density at radius 3 is 2.29 bits per heavy atom. The van der Waals surface area contributed by atoms with E-state index in [2.05, 4.69) is 5.32 Å². The summed E-state index contributed by atoms with van der Waals surface area (Å²) >= 11 is 0. The Labute approximate surface area is 123 Å². The zero-order chi connectivity index (χ0) is 15.1. The first kappa shape index (κ1) is 14.8. The number of ketones is 1. The van der Waals surface area contributed by atoms with E-state index in [0.29, 0.717) is 24.3 Å². The maximum absolute atomic E-state index is 11.9. The molecule has 0 saturated carbocycles. The van der Waals surface area contributed by atoms with Crippen molar-refractivity contribution in [2.24, 2.45) is 0 Å². The van der Waals surface area contributed by atoms with Gasteiger partial charge in [-0.2, -0.15) is 0 Å². The molecule has 4 nitrogen and oxygen atoms in total. The van der Waals surface area contributed by atoms with Crippen molar-refractivity contribution >= 4 is 17.4 Å². The minimum absolute atomic E-state index is 0.0606. The van der Waals surface area contributed by atoms with Crippen LogP contribution in [-0.2, 0) is 4.79 Å². The molecule has 4 heteroatoms. The van der Waals surface area contributed by atoms with Crippen LogP contribution in [0.25, 0.3) is 0 Å². The van der Waals surface area contributed by atoms with Crippen molar-refractivity contribution in [2.45, 2.75) is 13.3 Å². The summed E-state index contributed by atoms with van der Waals surface area (Å²) in [6.45, 7) is 1.78. The molecular weight excluding hydrogens is 266 g/mol. The lowest BCUT2D eigenvalue weighted by Crippen LogP contribution is -2.07. The summed E-state index contributed by atoms with van der Waals surface area (Å²) in [5.41, 5.74) is 1.41. The van der Waals surface area contributed by atoms with Crippen molar-refractivity contribution in [2.75, 3.05) is 11.9 Å². The monoisotopic (exact) mass is 283 g/mol. The number of anilines is 1. The largest absolute Gasteiger partial charge is 0.493 e. The highest BCUT2D eigenvalue weighted by Crippen LogP contribution is 2.16. The maximum Gasteiger partial charge on any atom is 0.221 e. The molecule has 2 aromatic rings. The van der Waals surface area contributed by atoms with Crippen LogP contribution >= 0.6 is 0 Å². The fourth-order valence-electron chi connectivity index (χ4n) is 1.87. The molecule has 0 unspecified atom stereocenters. The Hall–Kier alpha value is -2.62. The normalized spacial score (nSPS) is 9.95. The Bertz CT molecular complexity index is 606. The number of amides is 1. The smallest absolute Gasteiger partial charge is 0.221 e. The molecule has 21 heavy (non-hydrogen) atoms. The Morgan fingerprint density at radius 2 is 1.67 bits per heavy atom. The van der Waals surface area contributed by atoms with E-state index in [1.165, 1.54) is 6.92 Å². The molecule has 1 N–H and O–H groups in total. The van der Waals surface area contributed by atoms with E-state index in [-0.39, 0.29) is 11.7 Å². The number of nitrogens with one attached hydrogen (secondary N) is 1. The molecule has 2 aromatic carbocycles. The second kappa shape index (κ2) is 7.24. The zero-order valence-corrected chi connectivity index (χ0v) is 11.8. The van der Waals surface area contributed by atoms with Crippen molar-refractivity contribution in [3.8, 4) is 5.75 Å². The van der Waals surface area contributed by atoms with E-state index >= 15 is 0 Å². The molecule has 0 radical (unpaired) electrons. The maximum atomic E-state index is 11.9. The van der Waals surface area contributed by atoms with Gasteiger partial charge in [-0.25, -0.2) is 0 Å². The van der Waals surface area contributed by atoms with Crippen molar-refractivity contribution in [1.82, 2.24) is 0 Å².